The maximum atomic E-state index is 13.4. The monoisotopic (exact) mass is 301 g/mol. The quantitative estimate of drug-likeness (QED) is 0.655. The zero-order valence-corrected chi connectivity index (χ0v) is 10.6. The van der Waals surface area contributed by atoms with Crippen LogP contribution in [0.25, 0.3) is 0 Å². The average Bonchev–Trinajstić information content (AvgIpc) is 2.89. The molecule has 0 fully saturated rings. The van der Waals surface area contributed by atoms with Gasteiger partial charge in [0.2, 0.25) is 15.8 Å². The molecular formula is C10H8FN3O5S. The molecule has 0 aliphatic carbocycles. The van der Waals surface area contributed by atoms with Gasteiger partial charge in [-0.3, -0.25) is 10.1 Å². The molecule has 106 valence electrons. The molecule has 2 aromatic rings. The van der Waals surface area contributed by atoms with Crippen molar-refractivity contribution in [1.29, 1.82) is 0 Å². The molecule has 1 N–H and O–H groups in total. The van der Waals surface area contributed by atoms with Gasteiger partial charge in [-0.2, -0.15) is 4.39 Å². The van der Waals surface area contributed by atoms with Crippen LogP contribution in [0.1, 0.15) is 5.76 Å². The third-order valence-electron chi connectivity index (χ3n) is 2.35. The molecule has 2 rings (SSSR count). The molecule has 0 atom stereocenters. The van der Waals surface area contributed by atoms with Crippen molar-refractivity contribution in [2.45, 2.75) is 11.4 Å². The van der Waals surface area contributed by atoms with E-state index < -0.39 is 31.3 Å². The topological polar surface area (TPSA) is 115 Å². The van der Waals surface area contributed by atoms with E-state index in [0.717, 1.165) is 12.1 Å². The number of hydrogen-bond donors (Lipinski definition) is 1. The number of halogens is 1. The van der Waals surface area contributed by atoms with Gasteiger partial charge in [-0.05, 0) is 6.07 Å². The molecule has 0 saturated carbocycles. The summed E-state index contributed by atoms with van der Waals surface area (Å²) < 4.78 is 43.9. The first-order valence-electron chi connectivity index (χ1n) is 5.23. The minimum atomic E-state index is -4.00. The van der Waals surface area contributed by atoms with Gasteiger partial charge < -0.3 is 4.52 Å². The lowest BCUT2D eigenvalue weighted by atomic mass is 10.3. The molecular weight excluding hydrogens is 293 g/mol. The van der Waals surface area contributed by atoms with E-state index in [0.29, 0.717) is 6.07 Å². The predicted molar refractivity (Wildman–Crippen MR) is 63.6 cm³/mol. The second-order valence-corrected chi connectivity index (χ2v) is 5.44. The Morgan fingerprint density at radius 3 is 2.70 bits per heavy atom. The van der Waals surface area contributed by atoms with Crippen molar-refractivity contribution in [2.24, 2.45) is 0 Å². The molecule has 0 unspecified atom stereocenters. The van der Waals surface area contributed by atoms with Crippen LogP contribution in [0.3, 0.4) is 0 Å². The van der Waals surface area contributed by atoms with E-state index in [2.05, 4.69) is 9.88 Å². The minimum Gasteiger partial charge on any atom is -0.360 e. The molecule has 0 saturated heterocycles. The Kier molecular flexibility index (Phi) is 3.77. The van der Waals surface area contributed by atoms with Crippen molar-refractivity contribution in [3.63, 3.8) is 0 Å². The Hall–Kier alpha value is -2.33. The maximum Gasteiger partial charge on any atom is 0.304 e. The summed E-state index contributed by atoms with van der Waals surface area (Å²) in [5.74, 6) is -0.950. The van der Waals surface area contributed by atoms with Crippen molar-refractivity contribution in [1.82, 2.24) is 9.88 Å². The first kappa shape index (κ1) is 14.1. The van der Waals surface area contributed by atoms with Crippen molar-refractivity contribution in [2.75, 3.05) is 0 Å². The van der Waals surface area contributed by atoms with Crippen LogP contribution in [0.15, 0.2) is 39.9 Å². The van der Waals surface area contributed by atoms with Crippen LogP contribution < -0.4 is 4.72 Å². The fourth-order valence-corrected chi connectivity index (χ4v) is 2.39. The highest BCUT2D eigenvalue weighted by Crippen LogP contribution is 2.20. The lowest BCUT2D eigenvalue weighted by molar-refractivity contribution is -0.387. The summed E-state index contributed by atoms with van der Waals surface area (Å²) in [5, 5.41) is 13.8. The third-order valence-corrected chi connectivity index (χ3v) is 3.75. The molecule has 8 nitrogen and oxygen atoms in total. The van der Waals surface area contributed by atoms with Crippen LogP contribution in [-0.2, 0) is 16.6 Å². The minimum absolute atomic E-state index is 0.166. The molecule has 0 amide bonds. The fraction of sp³-hybridized carbons (Fsp3) is 0.100. The summed E-state index contributed by atoms with van der Waals surface area (Å²) in [6.45, 7) is -0.166. The number of nitro benzene ring substituents is 1. The van der Waals surface area contributed by atoms with Gasteiger partial charge in [0, 0.05) is 18.2 Å². The van der Waals surface area contributed by atoms with E-state index in [4.69, 9.17) is 4.52 Å². The first-order valence-corrected chi connectivity index (χ1v) is 6.71. The molecule has 0 radical (unpaired) electrons. The Labute approximate surface area is 112 Å². The van der Waals surface area contributed by atoms with Crippen molar-refractivity contribution in [3.8, 4) is 0 Å². The van der Waals surface area contributed by atoms with Crippen LogP contribution in [0.4, 0.5) is 10.1 Å². The summed E-state index contributed by atoms with van der Waals surface area (Å²) in [5.41, 5.74) is -0.792. The van der Waals surface area contributed by atoms with Crippen LogP contribution in [-0.4, -0.2) is 18.5 Å². The SMILES string of the molecule is O=[N+]([O-])c1ccc(S(=O)(=O)NCc2ccno2)cc1F. The van der Waals surface area contributed by atoms with Crippen LogP contribution in [0.5, 0.6) is 0 Å². The summed E-state index contributed by atoms with van der Waals surface area (Å²) >= 11 is 0. The van der Waals surface area contributed by atoms with E-state index in [1.807, 2.05) is 0 Å². The Bertz CT molecular complexity index is 729. The molecule has 0 aliphatic heterocycles. The highest BCUT2D eigenvalue weighted by atomic mass is 32.2. The number of nitrogens with one attached hydrogen (secondary N) is 1. The number of nitrogens with zero attached hydrogens (tertiary/aromatic N) is 2. The zero-order valence-electron chi connectivity index (χ0n) is 9.82. The van der Waals surface area contributed by atoms with Gasteiger partial charge >= 0.3 is 5.69 Å². The summed E-state index contributed by atoms with van der Waals surface area (Å²) in [6.07, 6.45) is 1.34. The van der Waals surface area contributed by atoms with Crippen molar-refractivity contribution >= 4 is 15.7 Å². The van der Waals surface area contributed by atoms with Gasteiger partial charge in [-0.1, -0.05) is 5.16 Å². The van der Waals surface area contributed by atoms with Crippen LogP contribution >= 0.6 is 0 Å². The number of benzene rings is 1. The Morgan fingerprint density at radius 2 is 2.15 bits per heavy atom. The average molecular weight is 301 g/mol. The lowest BCUT2D eigenvalue weighted by Crippen LogP contribution is -2.23. The van der Waals surface area contributed by atoms with E-state index in [9.17, 15) is 22.9 Å². The molecule has 0 aliphatic rings. The molecule has 1 aromatic carbocycles. The van der Waals surface area contributed by atoms with E-state index in [-0.39, 0.29) is 12.3 Å². The van der Waals surface area contributed by atoms with E-state index in [1.54, 1.807) is 0 Å². The van der Waals surface area contributed by atoms with E-state index in [1.165, 1.54) is 12.3 Å². The van der Waals surface area contributed by atoms with E-state index >= 15 is 0 Å². The summed E-state index contributed by atoms with van der Waals surface area (Å²) in [7, 11) is -4.00. The van der Waals surface area contributed by atoms with Gasteiger partial charge in [0.05, 0.1) is 22.6 Å². The largest absolute Gasteiger partial charge is 0.360 e. The predicted octanol–water partition coefficient (Wildman–Crippen LogP) is 1.20. The first-order chi connectivity index (χ1) is 9.40. The Morgan fingerprint density at radius 1 is 1.40 bits per heavy atom. The molecule has 1 heterocycles. The Balaban J connectivity index is 2.21. The molecule has 1 aromatic heterocycles. The second kappa shape index (κ2) is 5.35. The number of nitro groups is 1. The number of hydrogen-bond acceptors (Lipinski definition) is 6. The lowest BCUT2D eigenvalue weighted by Gasteiger charge is -2.05. The van der Waals surface area contributed by atoms with Gasteiger partial charge in [0.1, 0.15) is 0 Å². The highest BCUT2D eigenvalue weighted by molar-refractivity contribution is 7.89. The normalized spacial score (nSPS) is 11.4. The third kappa shape index (κ3) is 2.97. The summed E-state index contributed by atoms with van der Waals surface area (Å²) in [6, 6.07) is 3.78. The fourth-order valence-electron chi connectivity index (χ4n) is 1.39. The molecule has 0 bridgehead atoms. The van der Waals surface area contributed by atoms with Crippen LogP contribution in [0, 0.1) is 15.9 Å². The van der Waals surface area contributed by atoms with Crippen molar-refractivity contribution < 1.29 is 22.3 Å². The second-order valence-electron chi connectivity index (χ2n) is 3.67. The molecule has 10 heteroatoms. The highest BCUT2D eigenvalue weighted by Gasteiger charge is 2.20. The van der Waals surface area contributed by atoms with Gasteiger partial charge in [-0.15, -0.1) is 0 Å². The number of sulfonamides is 1. The molecule has 20 heavy (non-hydrogen) atoms. The number of aromatic nitrogens is 1. The van der Waals surface area contributed by atoms with Gasteiger partial charge in [0.25, 0.3) is 0 Å². The van der Waals surface area contributed by atoms with Gasteiger partial charge in [0.15, 0.2) is 5.76 Å². The van der Waals surface area contributed by atoms with Crippen LogP contribution in [0.2, 0.25) is 0 Å². The smallest absolute Gasteiger partial charge is 0.304 e. The number of rotatable bonds is 5. The summed E-state index contributed by atoms with van der Waals surface area (Å²) in [4.78, 5) is 9.09. The zero-order chi connectivity index (χ0) is 14.8. The molecule has 0 spiro atoms. The maximum absolute atomic E-state index is 13.4. The standard InChI is InChI=1S/C10H8FN3O5S/c11-9-5-8(1-2-10(9)14(15)16)20(17,18)13-6-7-3-4-12-19-7/h1-5,13H,6H2. The van der Waals surface area contributed by atoms with Crippen molar-refractivity contribution in [3.05, 3.63) is 52.2 Å². The van der Waals surface area contributed by atoms with Gasteiger partial charge in [-0.25, -0.2) is 13.1 Å².